The van der Waals surface area contributed by atoms with Crippen LogP contribution < -0.4 is 5.73 Å². The second kappa shape index (κ2) is 4.35. The Labute approximate surface area is 69.5 Å². The van der Waals surface area contributed by atoms with Crippen molar-refractivity contribution < 1.29 is 4.52 Å². The first-order valence-electron chi connectivity index (χ1n) is 3.35. The molecule has 0 saturated heterocycles. The molecule has 1 aromatic rings. The molecule has 0 radical (unpaired) electrons. The van der Waals surface area contributed by atoms with E-state index in [1.807, 2.05) is 6.26 Å². The first kappa shape index (κ1) is 8.55. The monoisotopic (exact) mass is 173 g/mol. The highest BCUT2D eigenvalue weighted by atomic mass is 32.2. The first-order chi connectivity index (χ1) is 5.34. The molecular formula is C6H11N3OS. The molecule has 4 nitrogen and oxygen atoms in total. The summed E-state index contributed by atoms with van der Waals surface area (Å²) in [5, 5.41) is 3.48. The number of thioether (sulfide) groups is 1. The number of nitrogens with two attached hydrogens (primary N) is 1. The van der Waals surface area contributed by atoms with Gasteiger partial charge >= 0.3 is 0 Å². The van der Waals surface area contributed by atoms with E-state index in [9.17, 15) is 0 Å². The summed E-state index contributed by atoms with van der Waals surface area (Å²) >= 11 is 1.76. The molecule has 0 fully saturated rings. The maximum absolute atomic E-state index is 5.72. The quantitative estimate of drug-likeness (QED) is 0.730. The number of rotatable bonds is 4. The third-order valence-electron chi connectivity index (χ3n) is 1.33. The number of hydrogen-bond donors (Lipinski definition) is 1. The van der Waals surface area contributed by atoms with Crippen molar-refractivity contribution in [3.8, 4) is 0 Å². The van der Waals surface area contributed by atoms with E-state index in [4.69, 9.17) is 10.3 Å². The van der Waals surface area contributed by atoms with Gasteiger partial charge in [-0.05, 0) is 18.4 Å². The summed E-state index contributed by atoms with van der Waals surface area (Å²) in [4.78, 5) is 3.86. The van der Waals surface area contributed by atoms with Gasteiger partial charge in [0.05, 0.1) is 6.04 Å². The van der Waals surface area contributed by atoms with Crippen molar-refractivity contribution in [1.29, 1.82) is 0 Å². The van der Waals surface area contributed by atoms with Gasteiger partial charge in [-0.1, -0.05) is 5.16 Å². The van der Waals surface area contributed by atoms with Crippen LogP contribution >= 0.6 is 11.8 Å². The van der Waals surface area contributed by atoms with Crippen LogP contribution in [0, 0.1) is 0 Å². The zero-order chi connectivity index (χ0) is 8.10. The predicted octanol–water partition coefficient (Wildman–Crippen LogP) is 0.823. The van der Waals surface area contributed by atoms with Gasteiger partial charge < -0.3 is 10.3 Å². The molecule has 0 aromatic carbocycles. The third kappa shape index (κ3) is 2.51. The van der Waals surface area contributed by atoms with Gasteiger partial charge in [0.15, 0.2) is 6.33 Å². The normalized spacial score (nSPS) is 13.3. The SMILES string of the molecule is CSCCC(N)c1ncno1. The minimum Gasteiger partial charge on any atom is -0.338 e. The smallest absolute Gasteiger partial charge is 0.243 e. The lowest BCUT2D eigenvalue weighted by Crippen LogP contribution is -2.11. The molecule has 1 unspecified atom stereocenters. The zero-order valence-electron chi connectivity index (χ0n) is 6.36. The second-order valence-electron chi connectivity index (χ2n) is 2.17. The molecular weight excluding hydrogens is 162 g/mol. The van der Waals surface area contributed by atoms with Gasteiger partial charge in [-0.3, -0.25) is 0 Å². The molecule has 62 valence electrons. The molecule has 0 amide bonds. The Morgan fingerprint density at radius 3 is 3.18 bits per heavy atom. The van der Waals surface area contributed by atoms with E-state index in [1.54, 1.807) is 11.8 Å². The minimum atomic E-state index is -0.107. The molecule has 1 aromatic heterocycles. The lowest BCUT2D eigenvalue weighted by molar-refractivity contribution is 0.352. The molecule has 11 heavy (non-hydrogen) atoms. The Balaban J connectivity index is 2.36. The largest absolute Gasteiger partial charge is 0.338 e. The fourth-order valence-electron chi connectivity index (χ4n) is 0.713. The summed E-state index contributed by atoms with van der Waals surface area (Å²) < 4.78 is 4.80. The lowest BCUT2D eigenvalue weighted by Gasteiger charge is -2.03. The Bertz CT molecular complexity index is 190. The highest BCUT2D eigenvalue weighted by Crippen LogP contribution is 2.11. The summed E-state index contributed by atoms with van der Waals surface area (Å²) in [5.41, 5.74) is 5.72. The number of hydrogen-bond acceptors (Lipinski definition) is 5. The van der Waals surface area contributed by atoms with E-state index in [0.29, 0.717) is 5.89 Å². The maximum Gasteiger partial charge on any atom is 0.243 e. The van der Waals surface area contributed by atoms with Crippen molar-refractivity contribution in [1.82, 2.24) is 10.1 Å². The van der Waals surface area contributed by atoms with Gasteiger partial charge in [-0.25, -0.2) is 0 Å². The van der Waals surface area contributed by atoms with Gasteiger partial charge in [-0.2, -0.15) is 16.7 Å². The van der Waals surface area contributed by atoms with Crippen molar-refractivity contribution in [2.75, 3.05) is 12.0 Å². The van der Waals surface area contributed by atoms with Crippen LogP contribution in [0.25, 0.3) is 0 Å². The van der Waals surface area contributed by atoms with E-state index in [1.165, 1.54) is 6.33 Å². The first-order valence-corrected chi connectivity index (χ1v) is 4.75. The molecule has 0 bridgehead atoms. The van der Waals surface area contributed by atoms with Crippen LogP contribution in [0.5, 0.6) is 0 Å². The standard InChI is InChI=1S/C6H11N3OS/c1-11-3-2-5(7)6-8-4-9-10-6/h4-5H,2-3,7H2,1H3. The lowest BCUT2D eigenvalue weighted by atomic mass is 10.2. The highest BCUT2D eigenvalue weighted by molar-refractivity contribution is 7.98. The molecule has 0 saturated carbocycles. The number of nitrogens with zero attached hydrogens (tertiary/aromatic N) is 2. The Morgan fingerprint density at radius 1 is 1.82 bits per heavy atom. The summed E-state index contributed by atoms with van der Waals surface area (Å²) in [6.45, 7) is 0. The molecule has 1 atom stereocenters. The fraction of sp³-hybridized carbons (Fsp3) is 0.667. The van der Waals surface area contributed by atoms with Crippen molar-refractivity contribution >= 4 is 11.8 Å². The summed E-state index contributed by atoms with van der Waals surface area (Å²) in [6.07, 6.45) is 4.29. The summed E-state index contributed by atoms with van der Waals surface area (Å²) in [6, 6.07) is -0.107. The van der Waals surface area contributed by atoms with Crippen LogP contribution in [0.15, 0.2) is 10.9 Å². The van der Waals surface area contributed by atoms with Crippen LogP contribution in [-0.2, 0) is 0 Å². The number of aromatic nitrogens is 2. The van der Waals surface area contributed by atoms with Crippen LogP contribution in [0.1, 0.15) is 18.4 Å². The topological polar surface area (TPSA) is 64.9 Å². The van der Waals surface area contributed by atoms with Gasteiger partial charge in [0.1, 0.15) is 0 Å². The zero-order valence-corrected chi connectivity index (χ0v) is 7.17. The average Bonchev–Trinajstić information content (AvgIpc) is 2.52. The third-order valence-corrected chi connectivity index (χ3v) is 1.97. The minimum absolute atomic E-state index is 0.107. The average molecular weight is 173 g/mol. The van der Waals surface area contributed by atoms with E-state index in [-0.39, 0.29) is 6.04 Å². The molecule has 1 heterocycles. The van der Waals surface area contributed by atoms with Gasteiger partial charge in [-0.15, -0.1) is 0 Å². The molecule has 0 aliphatic carbocycles. The molecule has 0 aliphatic rings. The van der Waals surface area contributed by atoms with E-state index in [0.717, 1.165) is 12.2 Å². The van der Waals surface area contributed by atoms with Crippen molar-refractivity contribution in [2.24, 2.45) is 5.73 Å². The van der Waals surface area contributed by atoms with Crippen LogP contribution in [0.4, 0.5) is 0 Å². The van der Waals surface area contributed by atoms with Crippen LogP contribution in [0.3, 0.4) is 0 Å². The van der Waals surface area contributed by atoms with Crippen molar-refractivity contribution in [3.05, 3.63) is 12.2 Å². The second-order valence-corrected chi connectivity index (χ2v) is 3.15. The highest BCUT2D eigenvalue weighted by Gasteiger charge is 2.09. The Morgan fingerprint density at radius 2 is 2.64 bits per heavy atom. The molecule has 0 spiro atoms. The summed E-state index contributed by atoms with van der Waals surface area (Å²) in [5.74, 6) is 1.54. The molecule has 0 aliphatic heterocycles. The predicted molar refractivity (Wildman–Crippen MR) is 44.2 cm³/mol. The Kier molecular flexibility index (Phi) is 3.38. The van der Waals surface area contributed by atoms with Crippen molar-refractivity contribution in [3.63, 3.8) is 0 Å². The van der Waals surface area contributed by atoms with E-state index >= 15 is 0 Å². The molecule has 5 heteroatoms. The van der Waals surface area contributed by atoms with Gasteiger partial charge in [0.25, 0.3) is 0 Å². The van der Waals surface area contributed by atoms with Crippen molar-refractivity contribution in [2.45, 2.75) is 12.5 Å². The fourth-order valence-corrected chi connectivity index (χ4v) is 1.20. The van der Waals surface area contributed by atoms with Crippen LogP contribution in [-0.4, -0.2) is 22.1 Å². The van der Waals surface area contributed by atoms with Gasteiger partial charge in [0.2, 0.25) is 5.89 Å². The maximum atomic E-state index is 5.72. The molecule has 2 N–H and O–H groups in total. The van der Waals surface area contributed by atoms with E-state index in [2.05, 4.69) is 10.1 Å². The summed E-state index contributed by atoms with van der Waals surface area (Å²) in [7, 11) is 0. The van der Waals surface area contributed by atoms with Crippen LogP contribution in [0.2, 0.25) is 0 Å². The molecule has 1 rings (SSSR count). The van der Waals surface area contributed by atoms with E-state index < -0.39 is 0 Å². The Hall–Kier alpha value is -0.550. The van der Waals surface area contributed by atoms with Gasteiger partial charge in [0, 0.05) is 0 Å².